The lowest BCUT2D eigenvalue weighted by molar-refractivity contribution is -0.142. The molecule has 0 bridgehead atoms. The number of hydrogen-bond acceptors (Lipinski definition) is 3. The number of phenolic OH excluding ortho intramolecular Hbond substituents is 1. The van der Waals surface area contributed by atoms with Crippen molar-refractivity contribution in [2.75, 3.05) is 5.32 Å². The number of carbonyl (C=O) groups is 2. The maximum Gasteiger partial charge on any atom is 0.228 e. The van der Waals surface area contributed by atoms with Gasteiger partial charge in [-0.1, -0.05) is 72.8 Å². The summed E-state index contributed by atoms with van der Waals surface area (Å²) in [5.41, 5.74) is 2.71. The fourth-order valence-electron chi connectivity index (χ4n) is 4.21. The fourth-order valence-corrected chi connectivity index (χ4v) is 4.21. The summed E-state index contributed by atoms with van der Waals surface area (Å²) in [7, 11) is 0. The van der Waals surface area contributed by atoms with Gasteiger partial charge in [0.25, 0.3) is 0 Å². The van der Waals surface area contributed by atoms with Crippen LogP contribution in [0.4, 0.5) is 5.69 Å². The van der Waals surface area contributed by atoms with Gasteiger partial charge in [-0.25, -0.2) is 0 Å². The van der Waals surface area contributed by atoms with E-state index in [1.165, 1.54) is 12.1 Å². The van der Waals surface area contributed by atoms with Crippen LogP contribution in [0.2, 0.25) is 0 Å². The maximum atomic E-state index is 13.8. The number of amides is 2. The molecule has 2 amide bonds. The summed E-state index contributed by atoms with van der Waals surface area (Å²) in [4.78, 5) is 28.8. The van der Waals surface area contributed by atoms with Crippen LogP contribution in [0.15, 0.2) is 97.1 Å². The van der Waals surface area contributed by atoms with Gasteiger partial charge in [0.05, 0.1) is 11.8 Å². The van der Waals surface area contributed by atoms with E-state index in [4.69, 9.17) is 0 Å². The van der Waals surface area contributed by atoms with Crippen LogP contribution in [0.3, 0.4) is 0 Å². The zero-order valence-electron chi connectivity index (χ0n) is 18.4. The largest absolute Gasteiger partial charge is 0.508 e. The third-order valence-electron chi connectivity index (χ3n) is 5.97. The van der Waals surface area contributed by atoms with Crippen LogP contribution in [0.1, 0.15) is 24.0 Å². The quantitative estimate of drug-likeness (QED) is 0.395. The molecule has 33 heavy (non-hydrogen) atoms. The molecule has 4 rings (SSSR count). The van der Waals surface area contributed by atoms with Gasteiger partial charge in [0.15, 0.2) is 0 Å². The molecule has 0 saturated heterocycles. The normalized spacial score (nSPS) is 17.3. The predicted molar refractivity (Wildman–Crippen MR) is 129 cm³/mol. The number of nitrogens with zero attached hydrogens (tertiary/aromatic N) is 1. The first kappa shape index (κ1) is 22.3. The molecule has 3 aromatic carbocycles. The second-order valence-electron chi connectivity index (χ2n) is 8.36. The molecule has 5 heteroatoms. The summed E-state index contributed by atoms with van der Waals surface area (Å²) in [5, 5.41) is 12.4. The topological polar surface area (TPSA) is 69.6 Å². The highest BCUT2D eigenvalue weighted by Crippen LogP contribution is 2.30. The van der Waals surface area contributed by atoms with Crippen LogP contribution < -0.4 is 5.32 Å². The minimum absolute atomic E-state index is 0.0158. The number of hydrogen-bond donors (Lipinski definition) is 2. The van der Waals surface area contributed by atoms with E-state index >= 15 is 0 Å². The van der Waals surface area contributed by atoms with Gasteiger partial charge >= 0.3 is 0 Å². The van der Waals surface area contributed by atoms with Gasteiger partial charge in [-0.05, 0) is 48.2 Å². The number of nitrogens with one attached hydrogen (secondary N) is 1. The van der Waals surface area contributed by atoms with Crippen LogP contribution in [-0.2, 0) is 22.7 Å². The van der Waals surface area contributed by atoms with E-state index in [9.17, 15) is 14.7 Å². The average Bonchev–Trinajstić information content (AvgIpc) is 2.86. The van der Waals surface area contributed by atoms with Crippen LogP contribution in [0.25, 0.3) is 0 Å². The van der Waals surface area contributed by atoms with Gasteiger partial charge in [-0.15, -0.1) is 0 Å². The zero-order valence-corrected chi connectivity index (χ0v) is 18.4. The van der Waals surface area contributed by atoms with Crippen molar-refractivity contribution in [3.8, 4) is 5.75 Å². The van der Waals surface area contributed by atoms with Gasteiger partial charge in [0, 0.05) is 18.8 Å². The van der Waals surface area contributed by atoms with Crippen LogP contribution >= 0.6 is 0 Å². The molecule has 168 valence electrons. The summed E-state index contributed by atoms with van der Waals surface area (Å²) >= 11 is 0. The standard InChI is InChI=1S/C28H28N2O3/c31-24-17-15-23(16-18-24)29-27(32)25-13-7-8-14-26(25)28(33)30(19-21-9-3-1-4-10-21)20-22-11-5-2-6-12-22/h1-12,15-18,25-26,31H,13-14,19-20H2,(H,29,32). The number of phenols is 1. The number of aromatic hydroxyl groups is 1. The summed E-state index contributed by atoms with van der Waals surface area (Å²) in [5.74, 6) is -0.940. The van der Waals surface area contributed by atoms with Gasteiger partial charge in [0.2, 0.25) is 11.8 Å². The molecule has 5 nitrogen and oxygen atoms in total. The monoisotopic (exact) mass is 440 g/mol. The molecule has 2 atom stereocenters. The lowest BCUT2D eigenvalue weighted by Gasteiger charge is -2.32. The van der Waals surface area contributed by atoms with Crippen molar-refractivity contribution in [1.29, 1.82) is 0 Å². The van der Waals surface area contributed by atoms with Crippen molar-refractivity contribution in [1.82, 2.24) is 4.90 Å². The van der Waals surface area contributed by atoms with Crippen LogP contribution in [0, 0.1) is 11.8 Å². The van der Waals surface area contributed by atoms with E-state index < -0.39 is 11.8 Å². The Morgan fingerprint density at radius 3 is 1.82 bits per heavy atom. The summed E-state index contributed by atoms with van der Waals surface area (Å²) in [6.07, 6.45) is 5.02. The molecule has 3 aromatic rings. The number of anilines is 1. The molecule has 0 radical (unpaired) electrons. The van der Waals surface area contributed by atoms with Crippen molar-refractivity contribution < 1.29 is 14.7 Å². The molecule has 0 spiro atoms. The van der Waals surface area contributed by atoms with E-state index in [-0.39, 0.29) is 17.6 Å². The minimum atomic E-state index is -0.453. The van der Waals surface area contributed by atoms with Gasteiger partial charge in [0.1, 0.15) is 5.75 Å². The summed E-state index contributed by atoms with van der Waals surface area (Å²) < 4.78 is 0. The third kappa shape index (κ3) is 5.89. The van der Waals surface area contributed by atoms with Crippen molar-refractivity contribution in [3.05, 3.63) is 108 Å². The number of rotatable bonds is 7. The molecule has 0 fully saturated rings. The van der Waals surface area contributed by atoms with E-state index in [0.717, 1.165) is 11.1 Å². The maximum absolute atomic E-state index is 13.8. The Balaban J connectivity index is 1.55. The first-order valence-corrected chi connectivity index (χ1v) is 11.2. The SMILES string of the molecule is O=C(Nc1ccc(O)cc1)C1CC=CCC1C(=O)N(Cc1ccccc1)Cc1ccccc1. The predicted octanol–water partition coefficient (Wildman–Crippen LogP) is 5.14. The lowest BCUT2D eigenvalue weighted by atomic mass is 9.81. The molecule has 0 aliphatic heterocycles. The molecule has 0 aromatic heterocycles. The Hall–Kier alpha value is -3.86. The minimum Gasteiger partial charge on any atom is -0.508 e. The van der Waals surface area contributed by atoms with Crippen LogP contribution in [0.5, 0.6) is 5.75 Å². The Morgan fingerprint density at radius 1 is 0.758 bits per heavy atom. The van der Waals surface area contributed by atoms with Crippen molar-refractivity contribution in [3.63, 3.8) is 0 Å². The van der Waals surface area contributed by atoms with Crippen LogP contribution in [-0.4, -0.2) is 21.8 Å². The fraction of sp³-hybridized carbons (Fsp3) is 0.214. The highest BCUT2D eigenvalue weighted by atomic mass is 16.3. The molecular weight excluding hydrogens is 412 g/mol. The lowest BCUT2D eigenvalue weighted by Crippen LogP contribution is -2.42. The van der Waals surface area contributed by atoms with Gasteiger partial charge < -0.3 is 15.3 Å². The first-order chi connectivity index (χ1) is 16.1. The van der Waals surface area contributed by atoms with E-state index in [1.54, 1.807) is 12.1 Å². The molecule has 0 saturated carbocycles. The van der Waals surface area contributed by atoms with E-state index in [1.807, 2.05) is 77.7 Å². The molecule has 1 aliphatic carbocycles. The Labute approximate surface area is 194 Å². The van der Waals surface area contributed by atoms with E-state index in [0.29, 0.717) is 31.6 Å². The van der Waals surface area contributed by atoms with Crippen molar-refractivity contribution in [2.45, 2.75) is 25.9 Å². The average molecular weight is 441 g/mol. The van der Waals surface area contributed by atoms with Gasteiger partial charge in [-0.3, -0.25) is 9.59 Å². The van der Waals surface area contributed by atoms with Crippen molar-refractivity contribution >= 4 is 17.5 Å². The highest BCUT2D eigenvalue weighted by molar-refractivity contribution is 5.96. The molecule has 2 N–H and O–H groups in total. The second kappa shape index (κ2) is 10.6. The van der Waals surface area contributed by atoms with E-state index in [2.05, 4.69) is 5.32 Å². The number of benzene rings is 3. The molecule has 2 unspecified atom stereocenters. The smallest absolute Gasteiger partial charge is 0.228 e. The summed E-state index contributed by atoms with van der Waals surface area (Å²) in [6, 6.07) is 26.2. The number of allylic oxidation sites excluding steroid dienone is 2. The molecule has 1 aliphatic rings. The zero-order chi connectivity index (χ0) is 23.0. The Bertz CT molecular complexity index is 1050. The second-order valence-corrected chi connectivity index (χ2v) is 8.36. The Morgan fingerprint density at radius 2 is 1.27 bits per heavy atom. The van der Waals surface area contributed by atoms with Gasteiger partial charge in [-0.2, -0.15) is 0 Å². The number of carbonyl (C=O) groups excluding carboxylic acids is 2. The van der Waals surface area contributed by atoms with Crippen molar-refractivity contribution in [2.24, 2.45) is 11.8 Å². The summed E-state index contributed by atoms with van der Waals surface area (Å²) in [6.45, 7) is 0.974. The highest BCUT2D eigenvalue weighted by Gasteiger charge is 2.36. The third-order valence-corrected chi connectivity index (χ3v) is 5.97. The Kier molecular flexibility index (Phi) is 7.20. The molecule has 0 heterocycles. The molecular formula is C28H28N2O3. The first-order valence-electron chi connectivity index (χ1n) is 11.2.